The fraction of sp³-hybridized carbons (Fsp3) is 0.286. The van der Waals surface area contributed by atoms with E-state index in [2.05, 4.69) is 50.4 Å². The molecule has 15 heavy (non-hydrogen) atoms. The predicted molar refractivity (Wildman–Crippen MR) is 68.6 cm³/mol. The Kier molecular flexibility index (Phi) is 4.17. The molecule has 1 nitrogen and oxygen atoms in total. The van der Waals surface area contributed by atoms with E-state index in [1.807, 2.05) is 12.2 Å². The van der Waals surface area contributed by atoms with Crippen molar-refractivity contribution in [3.05, 3.63) is 54.6 Å². The maximum absolute atomic E-state index is 3.79. The maximum Gasteiger partial charge on any atom is 0.0432 e. The Labute approximate surface area is 92.7 Å². The minimum Gasteiger partial charge on any atom is -0.377 e. The van der Waals surface area contributed by atoms with Crippen molar-refractivity contribution in [3.8, 4) is 0 Å². The molecule has 0 radical (unpaired) electrons. The molecule has 0 N–H and O–H groups in total. The molecule has 0 amide bonds. The van der Waals surface area contributed by atoms with Crippen LogP contribution >= 0.6 is 0 Å². The minimum atomic E-state index is 0.915. The normalized spacial score (nSPS) is 9.73. The number of anilines is 1. The van der Waals surface area contributed by atoms with Gasteiger partial charge in [0.1, 0.15) is 0 Å². The van der Waals surface area contributed by atoms with Gasteiger partial charge in [0.15, 0.2) is 0 Å². The van der Waals surface area contributed by atoms with Crippen LogP contribution in [0.15, 0.2) is 43.5 Å². The first-order valence-corrected chi connectivity index (χ1v) is 5.20. The quantitative estimate of drug-likeness (QED) is 0.661. The lowest BCUT2D eigenvalue weighted by Gasteiger charge is -2.20. The average Bonchev–Trinajstić information content (AvgIpc) is 2.18. The highest BCUT2D eigenvalue weighted by Gasteiger charge is 2.07. The van der Waals surface area contributed by atoms with Crippen LogP contribution < -0.4 is 4.90 Å². The van der Waals surface area contributed by atoms with Crippen molar-refractivity contribution in [2.24, 2.45) is 0 Å². The maximum atomic E-state index is 3.79. The lowest BCUT2D eigenvalue weighted by Crippen LogP contribution is -2.13. The number of allylic oxidation sites excluding steroid dienone is 2. The molecule has 0 aliphatic carbocycles. The van der Waals surface area contributed by atoms with Gasteiger partial charge in [0.05, 0.1) is 0 Å². The summed E-state index contributed by atoms with van der Waals surface area (Å²) in [5, 5.41) is 0. The Balaban J connectivity index is 3.20. The second kappa shape index (κ2) is 5.40. The molecule has 0 aromatic heterocycles. The fourth-order valence-electron chi connectivity index (χ4n) is 1.86. The van der Waals surface area contributed by atoms with E-state index in [0.717, 1.165) is 12.8 Å². The van der Waals surface area contributed by atoms with Gasteiger partial charge in [0.2, 0.25) is 0 Å². The molecule has 1 aromatic carbocycles. The molecule has 0 aliphatic rings. The van der Waals surface area contributed by atoms with Crippen LogP contribution in [0.25, 0.3) is 0 Å². The molecule has 0 bridgehead atoms. The van der Waals surface area contributed by atoms with Gasteiger partial charge in [-0.25, -0.2) is 0 Å². The molecule has 80 valence electrons. The van der Waals surface area contributed by atoms with E-state index in [9.17, 15) is 0 Å². The van der Waals surface area contributed by atoms with Crippen LogP contribution in [-0.2, 0) is 12.8 Å². The van der Waals surface area contributed by atoms with Gasteiger partial charge >= 0.3 is 0 Å². The summed E-state index contributed by atoms with van der Waals surface area (Å²) in [7, 11) is 4.16. The third-order valence-electron chi connectivity index (χ3n) is 2.38. The zero-order valence-electron chi connectivity index (χ0n) is 9.66. The highest BCUT2D eigenvalue weighted by Crippen LogP contribution is 2.25. The van der Waals surface area contributed by atoms with Crippen molar-refractivity contribution in [2.75, 3.05) is 19.0 Å². The van der Waals surface area contributed by atoms with E-state index in [4.69, 9.17) is 0 Å². The lowest BCUT2D eigenvalue weighted by atomic mass is 10.0. The van der Waals surface area contributed by atoms with Crippen LogP contribution in [0.2, 0.25) is 0 Å². The Bertz CT molecular complexity index is 322. The Morgan fingerprint density at radius 3 is 1.87 bits per heavy atom. The SMILES string of the molecule is C=CCc1cccc(CC=C)c1N(C)C. The molecule has 0 aliphatic heterocycles. The molecule has 0 spiro atoms. The fourth-order valence-corrected chi connectivity index (χ4v) is 1.86. The number of hydrogen-bond donors (Lipinski definition) is 0. The van der Waals surface area contributed by atoms with Gasteiger partial charge in [0, 0.05) is 19.8 Å². The molecule has 1 aromatic rings. The summed E-state index contributed by atoms with van der Waals surface area (Å²) in [5.41, 5.74) is 3.96. The second-order valence-corrected chi connectivity index (χ2v) is 3.80. The van der Waals surface area contributed by atoms with Crippen molar-refractivity contribution >= 4 is 5.69 Å². The molecular weight excluding hydrogens is 182 g/mol. The smallest absolute Gasteiger partial charge is 0.0432 e. The monoisotopic (exact) mass is 201 g/mol. The summed E-state index contributed by atoms with van der Waals surface area (Å²) in [5.74, 6) is 0. The highest BCUT2D eigenvalue weighted by atomic mass is 15.1. The van der Waals surface area contributed by atoms with E-state index in [0.29, 0.717) is 0 Å². The first-order valence-electron chi connectivity index (χ1n) is 5.20. The molecule has 0 fully saturated rings. The zero-order chi connectivity index (χ0) is 11.3. The van der Waals surface area contributed by atoms with Crippen LogP contribution in [0.3, 0.4) is 0 Å². The predicted octanol–water partition coefficient (Wildman–Crippen LogP) is 3.21. The summed E-state index contributed by atoms with van der Waals surface area (Å²) in [4.78, 5) is 2.16. The summed E-state index contributed by atoms with van der Waals surface area (Å²) in [6.45, 7) is 7.59. The molecule has 0 saturated carbocycles. The minimum absolute atomic E-state index is 0.915. The second-order valence-electron chi connectivity index (χ2n) is 3.80. The van der Waals surface area contributed by atoms with Crippen LogP contribution in [-0.4, -0.2) is 14.1 Å². The number of para-hydroxylation sites is 1. The first kappa shape index (κ1) is 11.6. The standard InChI is InChI=1S/C14H19N/c1-5-8-12-10-7-11-13(9-6-2)14(12)15(3)4/h5-7,10-11H,1-2,8-9H2,3-4H3. The van der Waals surface area contributed by atoms with Gasteiger partial charge in [-0.15, -0.1) is 13.2 Å². The van der Waals surface area contributed by atoms with E-state index >= 15 is 0 Å². The van der Waals surface area contributed by atoms with Gasteiger partial charge in [-0.3, -0.25) is 0 Å². The lowest BCUT2D eigenvalue weighted by molar-refractivity contribution is 1.06. The largest absolute Gasteiger partial charge is 0.377 e. The molecule has 1 rings (SSSR count). The molecule has 0 heterocycles. The molecule has 0 saturated heterocycles. The highest BCUT2D eigenvalue weighted by molar-refractivity contribution is 5.60. The van der Waals surface area contributed by atoms with Gasteiger partial charge in [-0.05, 0) is 24.0 Å². The van der Waals surface area contributed by atoms with Crippen molar-refractivity contribution in [1.82, 2.24) is 0 Å². The van der Waals surface area contributed by atoms with E-state index in [-0.39, 0.29) is 0 Å². The number of benzene rings is 1. The van der Waals surface area contributed by atoms with Crippen molar-refractivity contribution in [2.45, 2.75) is 12.8 Å². The van der Waals surface area contributed by atoms with Crippen LogP contribution in [0.5, 0.6) is 0 Å². The number of nitrogens with zero attached hydrogens (tertiary/aromatic N) is 1. The molecular formula is C14H19N. The van der Waals surface area contributed by atoms with Crippen LogP contribution in [0, 0.1) is 0 Å². The topological polar surface area (TPSA) is 3.24 Å². The summed E-state index contributed by atoms with van der Waals surface area (Å²) in [6, 6.07) is 6.41. The van der Waals surface area contributed by atoms with Crippen LogP contribution in [0.4, 0.5) is 5.69 Å². The summed E-state index contributed by atoms with van der Waals surface area (Å²) < 4.78 is 0. The molecule has 1 heteroatoms. The third-order valence-corrected chi connectivity index (χ3v) is 2.38. The Hall–Kier alpha value is -1.50. The third kappa shape index (κ3) is 2.72. The number of hydrogen-bond acceptors (Lipinski definition) is 1. The van der Waals surface area contributed by atoms with Gasteiger partial charge in [-0.2, -0.15) is 0 Å². The average molecular weight is 201 g/mol. The first-order chi connectivity index (χ1) is 7.20. The number of rotatable bonds is 5. The van der Waals surface area contributed by atoms with E-state index in [1.165, 1.54) is 16.8 Å². The van der Waals surface area contributed by atoms with E-state index in [1.54, 1.807) is 0 Å². The van der Waals surface area contributed by atoms with Crippen LogP contribution in [0.1, 0.15) is 11.1 Å². The zero-order valence-corrected chi connectivity index (χ0v) is 9.66. The van der Waals surface area contributed by atoms with Crippen molar-refractivity contribution in [1.29, 1.82) is 0 Å². The van der Waals surface area contributed by atoms with Gasteiger partial charge < -0.3 is 4.90 Å². The van der Waals surface area contributed by atoms with Gasteiger partial charge in [-0.1, -0.05) is 30.4 Å². The van der Waals surface area contributed by atoms with E-state index < -0.39 is 0 Å². The summed E-state index contributed by atoms with van der Waals surface area (Å²) >= 11 is 0. The summed E-state index contributed by atoms with van der Waals surface area (Å²) in [6.07, 6.45) is 5.72. The molecule has 0 unspecified atom stereocenters. The Morgan fingerprint density at radius 1 is 1.07 bits per heavy atom. The Morgan fingerprint density at radius 2 is 1.53 bits per heavy atom. The van der Waals surface area contributed by atoms with Crippen molar-refractivity contribution in [3.63, 3.8) is 0 Å². The van der Waals surface area contributed by atoms with Crippen molar-refractivity contribution < 1.29 is 0 Å². The molecule has 0 atom stereocenters. The van der Waals surface area contributed by atoms with Gasteiger partial charge in [0.25, 0.3) is 0 Å².